The van der Waals surface area contributed by atoms with Gasteiger partial charge in [0.1, 0.15) is 30.2 Å². The van der Waals surface area contributed by atoms with Crippen LogP contribution in [0.15, 0.2) is 30.9 Å². The molecule has 0 bridgehead atoms. The van der Waals surface area contributed by atoms with Crippen LogP contribution in [-0.2, 0) is 15.9 Å². The van der Waals surface area contributed by atoms with E-state index in [9.17, 15) is 10.2 Å². The molecule has 29 heavy (non-hydrogen) atoms. The number of anilines is 2. The van der Waals surface area contributed by atoms with E-state index < -0.39 is 24.5 Å². The summed E-state index contributed by atoms with van der Waals surface area (Å²) < 4.78 is 14.1. The van der Waals surface area contributed by atoms with E-state index in [1.807, 2.05) is 18.2 Å². The Kier molecular flexibility index (Phi) is 5.83. The van der Waals surface area contributed by atoms with Gasteiger partial charge in [0.25, 0.3) is 0 Å². The second-order valence-electron chi connectivity index (χ2n) is 6.81. The van der Waals surface area contributed by atoms with Gasteiger partial charge in [-0.15, -0.1) is 0 Å². The number of nitrogens with zero attached hydrogens (tertiary/aromatic N) is 4. The summed E-state index contributed by atoms with van der Waals surface area (Å²) in [5.74, 6) is 0.235. The van der Waals surface area contributed by atoms with Crippen molar-refractivity contribution in [3.63, 3.8) is 0 Å². The number of aromatic nitrogens is 4. The third kappa shape index (κ3) is 4.00. The Hall–Kier alpha value is -2.06. The van der Waals surface area contributed by atoms with Crippen LogP contribution in [0.1, 0.15) is 11.8 Å². The van der Waals surface area contributed by atoms with Crippen LogP contribution < -0.4 is 11.5 Å². The highest BCUT2D eigenvalue weighted by molar-refractivity contribution is 14.1. The van der Waals surface area contributed by atoms with Gasteiger partial charge in [-0.1, -0.05) is 6.07 Å². The summed E-state index contributed by atoms with van der Waals surface area (Å²) in [5.41, 5.74) is 14.3. The lowest BCUT2D eigenvalue weighted by atomic mass is 10.1. The van der Waals surface area contributed by atoms with Crippen molar-refractivity contribution in [1.29, 1.82) is 0 Å². The van der Waals surface area contributed by atoms with Crippen molar-refractivity contribution in [3.05, 3.63) is 40.0 Å². The molecule has 3 aromatic rings. The van der Waals surface area contributed by atoms with E-state index in [0.29, 0.717) is 24.2 Å². The van der Waals surface area contributed by atoms with Gasteiger partial charge >= 0.3 is 0 Å². The molecule has 1 aliphatic heterocycles. The predicted molar refractivity (Wildman–Crippen MR) is 114 cm³/mol. The van der Waals surface area contributed by atoms with Crippen LogP contribution in [0.5, 0.6) is 0 Å². The van der Waals surface area contributed by atoms with Gasteiger partial charge in [0.2, 0.25) is 0 Å². The Balaban J connectivity index is 1.37. The van der Waals surface area contributed by atoms with Crippen molar-refractivity contribution >= 4 is 45.3 Å². The van der Waals surface area contributed by atoms with Crippen molar-refractivity contribution in [2.24, 2.45) is 0 Å². The summed E-state index contributed by atoms with van der Waals surface area (Å²) in [6.07, 6.45) is -0.317. The summed E-state index contributed by atoms with van der Waals surface area (Å²) >= 11 is 2.19. The number of nitrogens with two attached hydrogens (primary N) is 2. The number of hydrogen-bond donors (Lipinski definition) is 4. The fourth-order valence-corrected chi connectivity index (χ4v) is 3.85. The normalized spacial score (nSPS) is 24.4. The molecule has 0 unspecified atom stereocenters. The summed E-state index contributed by atoms with van der Waals surface area (Å²) in [4.78, 5) is 12.2. The molecule has 3 heterocycles. The van der Waals surface area contributed by atoms with E-state index in [1.54, 1.807) is 0 Å². The predicted octanol–water partition coefficient (Wildman–Crippen LogP) is 0.474. The number of rotatable bonds is 6. The molecular weight excluding hydrogens is 491 g/mol. The minimum atomic E-state index is -1.16. The molecule has 1 aliphatic rings. The van der Waals surface area contributed by atoms with Crippen LogP contribution in [0, 0.1) is 3.57 Å². The number of aliphatic hydroxyl groups excluding tert-OH is 2. The first kappa shape index (κ1) is 20.2. The first-order valence-corrected chi connectivity index (χ1v) is 10.1. The molecule has 10 nitrogen and oxygen atoms in total. The Labute approximate surface area is 180 Å². The number of fused-ring (bicyclic) bond motifs is 1. The van der Waals surface area contributed by atoms with Gasteiger partial charge in [0, 0.05) is 9.26 Å². The van der Waals surface area contributed by atoms with Gasteiger partial charge in [-0.25, -0.2) is 15.0 Å². The van der Waals surface area contributed by atoms with Gasteiger partial charge in [-0.3, -0.25) is 4.57 Å². The van der Waals surface area contributed by atoms with Crippen LogP contribution >= 0.6 is 22.6 Å². The maximum atomic E-state index is 10.5. The molecule has 0 saturated carbocycles. The maximum absolute atomic E-state index is 10.5. The van der Waals surface area contributed by atoms with Crippen LogP contribution in [0.3, 0.4) is 0 Å². The molecule has 6 N–H and O–H groups in total. The first-order valence-electron chi connectivity index (χ1n) is 9.02. The zero-order valence-corrected chi connectivity index (χ0v) is 17.5. The highest BCUT2D eigenvalue weighted by atomic mass is 127. The Morgan fingerprint density at radius 1 is 1.17 bits per heavy atom. The monoisotopic (exact) mass is 512 g/mol. The van der Waals surface area contributed by atoms with E-state index in [2.05, 4.69) is 37.5 Å². The van der Waals surface area contributed by atoms with Crippen LogP contribution in [0.2, 0.25) is 0 Å². The lowest BCUT2D eigenvalue weighted by molar-refractivity contribution is -0.0650. The number of imidazole rings is 1. The quantitative estimate of drug-likeness (QED) is 0.210. The molecule has 4 atom stereocenters. The number of aliphatic hydroxyl groups is 2. The molecule has 0 aliphatic carbocycles. The molecule has 4 rings (SSSR count). The fourth-order valence-electron chi connectivity index (χ4n) is 3.27. The smallest absolute Gasteiger partial charge is 0.167 e. The molecular formula is C18H21IN6O4. The third-order valence-electron chi connectivity index (χ3n) is 4.88. The van der Waals surface area contributed by atoms with Crippen molar-refractivity contribution in [1.82, 2.24) is 19.5 Å². The first-order chi connectivity index (χ1) is 14.0. The Bertz CT molecular complexity index is 1020. The molecule has 0 radical (unpaired) electrons. The van der Waals surface area contributed by atoms with Gasteiger partial charge in [0.05, 0.1) is 19.5 Å². The van der Waals surface area contributed by atoms with Crippen LogP contribution in [0.25, 0.3) is 11.2 Å². The van der Waals surface area contributed by atoms with E-state index >= 15 is 0 Å². The van der Waals surface area contributed by atoms with Crippen molar-refractivity contribution in [2.45, 2.75) is 31.0 Å². The lowest BCUT2D eigenvalue weighted by Crippen LogP contribution is -2.34. The number of ether oxygens (including phenoxy) is 2. The average molecular weight is 512 g/mol. The number of benzene rings is 1. The minimum absolute atomic E-state index is 0.143. The molecule has 154 valence electrons. The molecule has 1 aromatic carbocycles. The van der Waals surface area contributed by atoms with Gasteiger partial charge in [0.15, 0.2) is 17.7 Å². The largest absolute Gasteiger partial charge is 0.398 e. The molecule has 2 aromatic heterocycles. The third-order valence-corrected chi connectivity index (χ3v) is 5.81. The highest BCUT2D eigenvalue weighted by Gasteiger charge is 2.44. The number of halogens is 1. The van der Waals surface area contributed by atoms with Crippen molar-refractivity contribution in [2.75, 3.05) is 24.7 Å². The van der Waals surface area contributed by atoms with Crippen LogP contribution in [-0.4, -0.2) is 61.3 Å². The number of hydrogen-bond acceptors (Lipinski definition) is 9. The fraction of sp³-hybridized carbons (Fsp3) is 0.389. The van der Waals surface area contributed by atoms with Gasteiger partial charge < -0.3 is 31.2 Å². The number of nitrogen functional groups attached to an aromatic ring is 2. The van der Waals surface area contributed by atoms with E-state index in [1.165, 1.54) is 17.2 Å². The van der Waals surface area contributed by atoms with E-state index in [0.717, 1.165) is 14.8 Å². The summed E-state index contributed by atoms with van der Waals surface area (Å²) in [6.45, 7) is 0.593. The van der Waals surface area contributed by atoms with Crippen LogP contribution in [0.4, 0.5) is 11.5 Å². The second kappa shape index (κ2) is 8.36. The van der Waals surface area contributed by atoms with Gasteiger partial charge in [-0.05, 0) is 46.7 Å². The van der Waals surface area contributed by atoms with Gasteiger partial charge in [-0.2, -0.15) is 0 Å². The molecule has 11 heteroatoms. The zero-order chi connectivity index (χ0) is 20.5. The SMILES string of the molecule is Nc1ccc(CCOC[C@H]2O[C@@H](n3cnc4c(N)ncnc43)[C@H](O)[C@@H]2O)cc1I. The molecule has 0 spiro atoms. The molecule has 0 amide bonds. The Morgan fingerprint density at radius 3 is 2.79 bits per heavy atom. The Morgan fingerprint density at radius 2 is 2.00 bits per heavy atom. The summed E-state index contributed by atoms with van der Waals surface area (Å²) in [6, 6.07) is 5.84. The van der Waals surface area contributed by atoms with E-state index in [4.69, 9.17) is 20.9 Å². The minimum Gasteiger partial charge on any atom is -0.398 e. The standard InChI is InChI=1S/C18H21IN6O4/c19-10-5-9(1-2-11(10)20)3-4-28-6-12-14(26)15(27)18(29-12)25-8-24-13-16(21)22-7-23-17(13)25/h1-2,5,7-8,12,14-15,18,26-27H,3-4,6,20H2,(H2,21,22,23)/t12-,14-,15-,18-/m1/s1. The topological polar surface area (TPSA) is 155 Å². The maximum Gasteiger partial charge on any atom is 0.167 e. The second-order valence-corrected chi connectivity index (χ2v) is 7.97. The van der Waals surface area contributed by atoms with Crippen molar-refractivity contribution in [3.8, 4) is 0 Å². The lowest BCUT2D eigenvalue weighted by Gasteiger charge is -2.16. The summed E-state index contributed by atoms with van der Waals surface area (Å²) in [7, 11) is 0. The highest BCUT2D eigenvalue weighted by Crippen LogP contribution is 2.32. The summed E-state index contributed by atoms with van der Waals surface area (Å²) in [5, 5.41) is 20.8. The average Bonchev–Trinajstić information content (AvgIpc) is 3.25. The zero-order valence-electron chi connectivity index (χ0n) is 15.3. The molecule has 1 saturated heterocycles. The van der Waals surface area contributed by atoms with E-state index in [-0.39, 0.29) is 12.4 Å². The molecule has 1 fully saturated rings. The van der Waals surface area contributed by atoms with Crippen molar-refractivity contribution < 1.29 is 19.7 Å².